The second-order valence-electron chi connectivity index (χ2n) is 4.38. The lowest BCUT2D eigenvalue weighted by Gasteiger charge is -2.29. The van der Waals surface area contributed by atoms with Gasteiger partial charge in [0, 0.05) is 5.92 Å². The highest BCUT2D eigenvalue weighted by Gasteiger charge is 2.34. The second kappa shape index (κ2) is 5.67. The molecule has 94 valence electrons. The molecule has 0 radical (unpaired) electrons. The number of halogens is 1. The molecule has 4 nitrogen and oxygen atoms in total. The summed E-state index contributed by atoms with van der Waals surface area (Å²) in [7, 11) is 0. The molecule has 1 aliphatic carbocycles. The molecule has 1 aliphatic rings. The lowest BCUT2D eigenvalue weighted by atomic mass is 9.77. The predicted molar refractivity (Wildman–Crippen MR) is 67.6 cm³/mol. The van der Waals surface area contributed by atoms with Crippen molar-refractivity contribution in [2.24, 2.45) is 5.92 Å². The number of rotatable bonds is 3. The van der Waals surface area contributed by atoms with E-state index in [1.54, 1.807) is 6.20 Å². The van der Waals surface area contributed by atoms with Crippen LogP contribution in [-0.4, -0.2) is 22.8 Å². The van der Waals surface area contributed by atoms with Gasteiger partial charge in [-0.3, -0.25) is 9.89 Å². The summed E-state index contributed by atoms with van der Waals surface area (Å²) in [6.45, 7) is 2.30. The third kappa shape index (κ3) is 2.70. The van der Waals surface area contributed by atoms with E-state index in [0.29, 0.717) is 6.61 Å². The number of hydrogen-bond donors (Lipinski definition) is 1. The lowest BCUT2D eigenvalue weighted by Crippen LogP contribution is -2.28. The van der Waals surface area contributed by atoms with Gasteiger partial charge in [0.05, 0.1) is 28.9 Å². The van der Waals surface area contributed by atoms with E-state index < -0.39 is 0 Å². The van der Waals surface area contributed by atoms with Gasteiger partial charge in [-0.2, -0.15) is 5.10 Å². The fraction of sp³-hybridized carbons (Fsp3) is 0.667. The topological polar surface area (TPSA) is 55.0 Å². The summed E-state index contributed by atoms with van der Waals surface area (Å²) in [4.78, 5) is 11.9. The number of H-pyrrole nitrogens is 1. The molecule has 5 heteroatoms. The zero-order chi connectivity index (χ0) is 12.3. The van der Waals surface area contributed by atoms with Crippen molar-refractivity contribution >= 4 is 21.9 Å². The molecule has 0 bridgehead atoms. The fourth-order valence-electron chi connectivity index (χ4n) is 2.55. The highest BCUT2D eigenvalue weighted by Crippen LogP contribution is 2.40. The van der Waals surface area contributed by atoms with E-state index in [-0.39, 0.29) is 17.8 Å². The first-order valence-corrected chi connectivity index (χ1v) is 6.88. The number of ether oxygens (including phenoxy) is 1. The Morgan fingerprint density at radius 1 is 1.59 bits per heavy atom. The summed E-state index contributed by atoms with van der Waals surface area (Å²) in [5.41, 5.74) is 1.03. The van der Waals surface area contributed by atoms with Crippen LogP contribution in [0.1, 0.15) is 44.2 Å². The molecule has 0 aromatic carbocycles. The summed E-state index contributed by atoms with van der Waals surface area (Å²) in [6.07, 6.45) is 5.93. The quantitative estimate of drug-likeness (QED) is 0.873. The minimum atomic E-state index is -0.0706. The molecule has 1 aromatic heterocycles. The highest BCUT2D eigenvalue weighted by molar-refractivity contribution is 9.10. The van der Waals surface area contributed by atoms with E-state index in [1.807, 2.05) is 6.92 Å². The minimum absolute atomic E-state index is 0.0274. The number of esters is 1. The Hall–Kier alpha value is -0.840. The van der Waals surface area contributed by atoms with Crippen molar-refractivity contribution in [2.45, 2.75) is 38.5 Å². The number of hydrogen-bond acceptors (Lipinski definition) is 3. The minimum Gasteiger partial charge on any atom is -0.466 e. The van der Waals surface area contributed by atoms with Crippen LogP contribution in [0.3, 0.4) is 0 Å². The first-order chi connectivity index (χ1) is 8.24. The number of carbonyl (C=O) groups excluding carboxylic acids is 1. The second-order valence-corrected chi connectivity index (χ2v) is 5.24. The molecule has 0 aliphatic heterocycles. The smallest absolute Gasteiger partial charge is 0.309 e. The van der Waals surface area contributed by atoms with Crippen LogP contribution in [0.4, 0.5) is 0 Å². The van der Waals surface area contributed by atoms with Crippen molar-refractivity contribution < 1.29 is 9.53 Å². The molecule has 2 unspecified atom stereocenters. The summed E-state index contributed by atoms with van der Waals surface area (Å²) >= 11 is 3.47. The largest absolute Gasteiger partial charge is 0.466 e. The molecule has 1 fully saturated rings. The summed E-state index contributed by atoms with van der Waals surface area (Å²) in [5.74, 6) is 0.110. The first kappa shape index (κ1) is 12.6. The maximum absolute atomic E-state index is 11.9. The average molecular weight is 301 g/mol. The monoisotopic (exact) mass is 300 g/mol. The molecule has 0 amide bonds. The van der Waals surface area contributed by atoms with Crippen molar-refractivity contribution in [1.82, 2.24) is 10.2 Å². The Morgan fingerprint density at radius 2 is 2.35 bits per heavy atom. The summed E-state index contributed by atoms with van der Waals surface area (Å²) in [5, 5.41) is 7.01. The molecule has 0 spiro atoms. The van der Waals surface area contributed by atoms with Gasteiger partial charge < -0.3 is 4.74 Å². The van der Waals surface area contributed by atoms with Crippen molar-refractivity contribution in [3.8, 4) is 0 Å². The van der Waals surface area contributed by atoms with Gasteiger partial charge >= 0.3 is 5.97 Å². The summed E-state index contributed by atoms with van der Waals surface area (Å²) in [6, 6.07) is 0. The van der Waals surface area contributed by atoms with Crippen LogP contribution in [0.25, 0.3) is 0 Å². The van der Waals surface area contributed by atoms with Gasteiger partial charge in [0.2, 0.25) is 0 Å². The van der Waals surface area contributed by atoms with E-state index in [4.69, 9.17) is 4.74 Å². The SMILES string of the molecule is CCOC(=O)C1CCCCC1c1[nH]ncc1Br. The zero-order valence-electron chi connectivity index (χ0n) is 9.91. The van der Waals surface area contributed by atoms with E-state index in [2.05, 4.69) is 26.1 Å². The normalized spacial score (nSPS) is 24.6. The van der Waals surface area contributed by atoms with Gasteiger partial charge in [0.15, 0.2) is 0 Å². The number of nitrogens with zero attached hydrogens (tertiary/aromatic N) is 1. The molecular weight excluding hydrogens is 284 g/mol. The number of aromatic nitrogens is 2. The third-order valence-electron chi connectivity index (χ3n) is 3.35. The van der Waals surface area contributed by atoms with Crippen LogP contribution in [0.2, 0.25) is 0 Å². The van der Waals surface area contributed by atoms with Crippen molar-refractivity contribution in [1.29, 1.82) is 0 Å². The molecule has 1 heterocycles. The number of nitrogens with one attached hydrogen (secondary N) is 1. The Bertz CT molecular complexity index is 392. The van der Waals surface area contributed by atoms with Crippen molar-refractivity contribution in [3.63, 3.8) is 0 Å². The summed E-state index contributed by atoms with van der Waals surface area (Å²) < 4.78 is 6.12. The van der Waals surface area contributed by atoms with Crippen LogP contribution in [0, 0.1) is 5.92 Å². The Morgan fingerprint density at radius 3 is 3.00 bits per heavy atom. The van der Waals surface area contributed by atoms with Crippen molar-refractivity contribution in [3.05, 3.63) is 16.4 Å². The number of aromatic amines is 1. The maximum Gasteiger partial charge on any atom is 0.309 e. The molecule has 1 aromatic rings. The molecule has 17 heavy (non-hydrogen) atoms. The molecule has 1 N–H and O–H groups in total. The predicted octanol–water partition coefficient (Wildman–Crippen LogP) is 3.01. The van der Waals surface area contributed by atoms with Crippen molar-refractivity contribution in [2.75, 3.05) is 6.61 Å². The van der Waals surface area contributed by atoms with Crippen LogP contribution in [-0.2, 0) is 9.53 Å². The third-order valence-corrected chi connectivity index (χ3v) is 3.98. The van der Waals surface area contributed by atoms with Gasteiger partial charge in [-0.1, -0.05) is 12.8 Å². The van der Waals surface area contributed by atoms with E-state index >= 15 is 0 Å². The average Bonchev–Trinajstić information content (AvgIpc) is 2.76. The van der Waals surface area contributed by atoms with Gasteiger partial charge in [-0.15, -0.1) is 0 Å². The van der Waals surface area contributed by atoms with Crippen LogP contribution >= 0.6 is 15.9 Å². The lowest BCUT2D eigenvalue weighted by molar-refractivity contribution is -0.149. The maximum atomic E-state index is 11.9. The van der Waals surface area contributed by atoms with E-state index in [9.17, 15) is 4.79 Å². The highest BCUT2D eigenvalue weighted by atomic mass is 79.9. The first-order valence-electron chi connectivity index (χ1n) is 6.09. The van der Waals surface area contributed by atoms with E-state index in [0.717, 1.165) is 35.8 Å². The van der Waals surface area contributed by atoms with Crippen LogP contribution in [0.15, 0.2) is 10.7 Å². The standard InChI is InChI=1S/C12H17BrN2O2/c1-2-17-12(16)9-6-4-3-5-8(9)11-10(13)7-14-15-11/h7-9H,2-6H2,1H3,(H,14,15). The van der Waals surface area contributed by atoms with E-state index in [1.165, 1.54) is 0 Å². The van der Waals surface area contributed by atoms with Gasteiger partial charge in [-0.25, -0.2) is 0 Å². The Labute approximate surface area is 109 Å². The fourth-order valence-corrected chi connectivity index (χ4v) is 3.03. The van der Waals surface area contributed by atoms with Gasteiger partial charge in [-0.05, 0) is 35.7 Å². The Balaban J connectivity index is 2.18. The van der Waals surface area contributed by atoms with Gasteiger partial charge in [0.25, 0.3) is 0 Å². The van der Waals surface area contributed by atoms with Crippen LogP contribution in [0.5, 0.6) is 0 Å². The Kier molecular flexibility index (Phi) is 4.20. The zero-order valence-corrected chi connectivity index (χ0v) is 11.5. The van der Waals surface area contributed by atoms with Crippen LogP contribution < -0.4 is 0 Å². The van der Waals surface area contributed by atoms with Gasteiger partial charge in [0.1, 0.15) is 0 Å². The molecule has 2 atom stereocenters. The molecule has 1 saturated carbocycles. The molecular formula is C12H17BrN2O2. The number of carbonyl (C=O) groups is 1. The molecule has 0 saturated heterocycles. The molecule has 2 rings (SSSR count).